The molecule has 1 unspecified atom stereocenters. The Morgan fingerprint density at radius 3 is 1.96 bits per heavy atom. The van der Waals surface area contributed by atoms with Gasteiger partial charge in [0.05, 0.1) is 0 Å². The molecule has 5 heteroatoms. The van der Waals surface area contributed by atoms with E-state index in [1.54, 1.807) is 0 Å². The fourth-order valence-electron chi connectivity index (χ4n) is 6.73. The van der Waals surface area contributed by atoms with Gasteiger partial charge in [-0.3, -0.25) is 9.69 Å². The number of para-hydroxylation sites is 1. The van der Waals surface area contributed by atoms with Gasteiger partial charge in [0.25, 0.3) is 0 Å². The smallest absolute Gasteiger partial charge is 0.223 e. The van der Waals surface area contributed by atoms with Crippen LogP contribution in [-0.2, 0) is 24.5 Å². The van der Waals surface area contributed by atoms with Crippen molar-refractivity contribution < 1.29 is 9.53 Å². The molecule has 6 aromatic rings. The molecule has 0 aliphatic carbocycles. The zero-order chi connectivity index (χ0) is 31.8. The van der Waals surface area contributed by atoms with E-state index in [0.29, 0.717) is 13.0 Å². The van der Waals surface area contributed by atoms with Crippen molar-refractivity contribution >= 4 is 16.8 Å². The van der Waals surface area contributed by atoms with Crippen molar-refractivity contribution in [3.05, 3.63) is 174 Å². The number of piperazine rings is 1. The molecule has 1 fully saturated rings. The van der Waals surface area contributed by atoms with Crippen LogP contribution in [0.4, 0.5) is 0 Å². The molecule has 2 heterocycles. The number of hydrogen-bond donors (Lipinski definition) is 0. The van der Waals surface area contributed by atoms with Gasteiger partial charge in [-0.15, -0.1) is 0 Å². The largest absolute Gasteiger partial charge is 0.489 e. The van der Waals surface area contributed by atoms with Gasteiger partial charge in [-0.2, -0.15) is 0 Å². The highest BCUT2D eigenvalue weighted by Gasteiger charge is 2.28. The quantitative estimate of drug-likeness (QED) is 0.147. The molecule has 7 rings (SSSR count). The van der Waals surface area contributed by atoms with Crippen molar-refractivity contribution in [3.8, 4) is 5.75 Å². The summed E-state index contributed by atoms with van der Waals surface area (Å²) in [5.41, 5.74) is 7.13. The summed E-state index contributed by atoms with van der Waals surface area (Å²) in [6.45, 7) is 5.43. The minimum absolute atomic E-state index is 0.118. The highest BCUT2D eigenvalue weighted by atomic mass is 16.5. The summed E-state index contributed by atoms with van der Waals surface area (Å²) >= 11 is 0. The van der Waals surface area contributed by atoms with Crippen LogP contribution in [0.25, 0.3) is 10.9 Å². The van der Waals surface area contributed by atoms with Crippen molar-refractivity contribution in [2.24, 2.45) is 0 Å². The molecule has 0 N–H and O–H groups in total. The third-order valence-electron chi connectivity index (χ3n) is 9.25. The summed E-state index contributed by atoms with van der Waals surface area (Å²) in [4.78, 5) is 18.6. The van der Waals surface area contributed by atoms with Crippen LogP contribution < -0.4 is 4.74 Å². The average Bonchev–Trinajstić information content (AvgIpc) is 3.49. The van der Waals surface area contributed by atoms with Crippen LogP contribution in [0.1, 0.15) is 40.2 Å². The van der Waals surface area contributed by atoms with E-state index in [1.807, 2.05) is 24.3 Å². The number of aromatic nitrogens is 1. The molecular formula is C42H41N3O2. The molecule has 5 nitrogen and oxygen atoms in total. The van der Waals surface area contributed by atoms with Gasteiger partial charge in [-0.1, -0.05) is 121 Å². The van der Waals surface area contributed by atoms with E-state index in [2.05, 4.69) is 136 Å². The molecular weight excluding hydrogens is 578 g/mol. The molecule has 1 amide bonds. The summed E-state index contributed by atoms with van der Waals surface area (Å²) in [5.74, 6) is 0.892. The first-order valence-corrected chi connectivity index (χ1v) is 16.6. The Morgan fingerprint density at radius 1 is 0.638 bits per heavy atom. The lowest BCUT2D eigenvalue weighted by molar-refractivity contribution is -0.133. The summed E-state index contributed by atoms with van der Waals surface area (Å²) in [5, 5.41) is 1.18. The first-order valence-electron chi connectivity index (χ1n) is 16.6. The molecule has 0 spiro atoms. The standard InChI is InChI=1S/C42H41N3O2/c46-42(44-25-23-43(24-26-44)29-33-13-4-1-5-14-33)28-39(36-19-12-20-37(27-36)47-32-35-17-8-3-9-18-35)40-31-45(30-34-15-6-2-7-16-34)41-22-11-10-21-38(40)41/h1-22,27,31,39H,23-26,28-30,32H2. The fraction of sp³-hybridized carbons (Fsp3) is 0.214. The second-order valence-electron chi connectivity index (χ2n) is 12.5. The topological polar surface area (TPSA) is 37.7 Å². The zero-order valence-corrected chi connectivity index (χ0v) is 26.7. The van der Waals surface area contributed by atoms with Crippen molar-refractivity contribution in [3.63, 3.8) is 0 Å². The van der Waals surface area contributed by atoms with Crippen LogP contribution in [0.3, 0.4) is 0 Å². The van der Waals surface area contributed by atoms with Gasteiger partial charge < -0.3 is 14.2 Å². The number of amides is 1. The van der Waals surface area contributed by atoms with Gasteiger partial charge in [-0.05, 0) is 46.0 Å². The second-order valence-corrected chi connectivity index (χ2v) is 12.5. The Morgan fingerprint density at radius 2 is 1.26 bits per heavy atom. The van der Waals surface area contributed by atoms with E-state index in [4.69, 9.17) is 4.74 Å². The summed E-state index contributed by atoms with van der Waals surface area (Å²) < 4.78 is 8.60. The molecule has 1 saturated heterocycles. The number of rotatable bonds is 11. The number of fused-ring (bicyclic) bond motifs is 1. The maximum atomic E-state index is 14.1. The lowest BCUT2D eigenvalue weighted by atomic mass is 9.87. The van der Waals surface area contributed by atoms with Crippen LogP contribution in [0.5, 0.6) is 5.75 Å². The molecule has 1 atom stereocenters. The molecule has 1 aliphatic heterocycles. The third-order valence-corrected chi connectivity index (χ3v) is 9.25. The van der Waals surface area contributed by atoms with E-state index in [0.717, 1.165) is 56.1 Å². The van der Waals surface area contributed by atoms with Crippen LogP contribution in [-0.4, -0.2) is 46.5 Å². The molecule has 47 heavy (non-hydrogen) atoms. The van der Waals surface area contributed by atoms with Gasteiger partial charge in [-0.25, -0.2) is 0 Å². The maximum absolute atomic E-state index is 14.1. The predicted molar refractivity (Wildman–Crippen MR) is 189 cm³/mol. The Hall–Kier alpha value is -5.13. The number of carbonyl (C=O) groups excluding carboxylic acids is 1. The molecule has 5 aromatic carbocycles. The Balaban J connectivity index is 1.16. The van der Waals surface area contributed by atoms with E-state index in [1.165, 1.54) is 27.6 Å². The van der Waals surface area contributed by atoms with Gasteiger partial charge in [0.2, 0.25) is 5.91 Å². The lowest BCUT2D eigenvalue weighted by Gasteiger charge is -2.35. The predicted octanol–water partition coefficient (Wildman–Crippen LogP) is 8.14. The zero-order valence-electron chi connectivity index (χ0n) is 26.7. The minimum atomic E-state index is -0.118. The van der Waals surface area contributed by atoms with E-state index < -0.39 is 0 Å². The maximum Gasteiger partial charge on any atom is 0.223 e. The Bertz CT molecular complexity index is 1890. The van der Waals surface area contributed by atoms with Gasteiger partial charge in [0, 0.05) is 68.7 Å². The molecule has 0 bridgehead atoms. The number of benzene rings is 5. The van der Waals surface area contributed by atoms with Crippen LogP contribution >= 0.6 is 0 Å². The monoisotopic (exact) mass is 619 g/mol. The lowest BCUT2D eigenvalue weighted by Crippen LogP contribution is -2.48. The third kappa shape index (κ3) is 7.48. The fourth-order valence-corrected chi connectivity index (χ4v) is 6.73. The van der Waals surface area contributed by atoms with Gasteiger partial charge in [0.15, 0.2) is 0 Å². The van der Waals surface area contributed by atoms with E-state index in [-0.39, 0.29) is 11.8 Å². The van der Waals surface area contributed by atoms with Crippen LogP contribution in [0.15, 0.2) is 146 Å². The summed E-state index contributed by atoms with van der Waals surface area (Å²) in [6, 6.07) is 48.3. The molecule has 0 saturated carbocycles. The number of hydrogen-bond acceptors (Lipinski definition) is 3. The first-order chi connectivity index (χ1) is 23.2. The van der Waals surface area contributed by atoms with Gasteiger partial charge >= 0.3 is 0 Å². The van der Waals surface area contributed by atoms with Crippen molar-refractivity contribution in [1.29, 1.82) is 0 Å². The van der Waals surface area contributed by atoms with Gasteiger partial charge in [0.1, 0.15) is 12.4 Å². The highest BCUT2D eigenvalue weighted by molar-refractivity contribution is 5.87. The number of ether oxygens (including phenoxy) is 1. The SMILES string of the molecule is O=C(CC(c1cccc(OCc2ccccc2)c1)c1cn(Cc2ccccc2)c2ccccc12)N1CCN(Cc2ccccc2)CC1. The molecule has 1 aliphatic rings. The molecule has 0 radical (unpaired) electrons. The minimum Gasteiger partial charge on any atom is -0.489 e. The highest BCUT2D eigenvalue weighted by Crippen LogP contribution is 2.37. The number of nitrogens with zero attached hydrogens (tertiary/aromatic N) is 3. The van der Waals surface area contributed by atoms with Crippen molar-refractivity contribution in [2.45, 2.75) is 32.0 Å². The van der Waals surface area contributed by atoms with Crippen LogP contribution in [0.2, 0.25) is 0 Å². The summed E-state index contributed by atoms with van der Waals surface area (Å²) in [6.07, 6.45) is 2.67. The second kappa shape index (κ2) is 14.5. The molecule has 1 aromatic heterocycles. The number of carbonyl (C=O) groups is 1. The normalized spacial score (nSPS) is 14.3. The van der Waals surface area contributed by atoms with Crippen molar-refractivity contribution in [2.75, 3.05) is 26.2 Å². The Kier molecular flexibility index (Phi) is 9.43. The van der Waals surface area contributed by atoms with E-state index >= 15 is 0 Å². The van der Waals surface area contributed by atoms with Crippen molar-refractivity contribution in [1.82, 2.24) is 14.4 Å². The average molecular weight is 620 g/mol. The molecule has 236 valence electrons. The van der Waals surface area contributed by atoms with E-state index in [9.17, 15) is 4.79 Å². The van der Waals surface area contributed by atoms with Crippen LogP contribution in [0, 0.1) is 0 Å². The Labute approximate surface area is 277 Å². The first kappa shape index (κ1) is 30.5. The summed E-state index contributed by atoms with van der Waals surface area (Å²) in [7, 11) is 0.